The summed E-state index contributed by atoms with van der Waals surface area (Å²) in [6, 6.07) is 12.8. The second-order valence-electron chi connectivity index (χ2n) is 11.5. The molecule has 3 N–H and O–H groups in total. The molecule has 3 heterocycles. The molecule has 12 heteroatoms. The summed E-state index contributed by atoms with van der Waals surface area (Å²) in [5.74, 6) is -1.88. The van der Waals surface area contributed by atoms with Crippen molar-refractivity contribution in [2.75, 3.05) is 36.4 Å². The van der Waals surface area contributed by atoms with Crippen molar-refractivity contribution in [2.24, 2.45) is 11.1 Å². The number of piperidine rings is 1. The smallest absolute Gasteiger partial charge is 0.330 e. The molecule has 0 unspecified atom stereocenters. The molecule has 1 aliphatic carbocycles. The maximum atomic E-state index is 14.9. The zero-order chi connectivity index (χ0) is 30.8. The lowest BCUT2D eigenvalue weighted by molar-refractivity contribution is -0.132. The molecule has 1 aromatic heterocycles. The Morgan fingerprint density at radius 2 is 1.61 bits per heavy atom. The number of carbonyl (C=O) groups excluding carboxylic acids is 3. The molecule has 44 heavy (non-hydrogen) atoms. The summed E-state index contributed by atoms with van der Waals surface area (Å²) in [6.07, 6.45) is 6.32. The van der Waals surface area contributed by atoms with Crippen molar-refractivity contribution in [1.29, 1.82) is 0 Å². The Balaban J connectivity index is 1.19. The number of anilines is 3. The Kier molecular flexibility index (Phi) is 8.17. The van der Waals surface area contributed by atoms with Crippen LogP contribution in [0.15, 0.2) is 60.8 Å². The monoisotopic (exact) mass is 604 g/mol. The number of primary amides is 1. The van der Waals surface area contributed by atoms with Crippen LogP contribution in [-0.4, -0.2) is 64.9 Å². The molecule has 0 atom stereocenters. The average Bonchev–Trinajstić information content (AvgIpc) is 3.67. The van der Waals surface area contributed by atoms with Gasteiger partial charge in [0.2, 0.25) is 11.8 Å². The highest BCUT2D eigenvalue weighted by molar-refractivity contribution is 6.12. The number of urea groups is 1. The van der Waals surface area contributed by atoms with Crippen LogP contribution in [0.25, 0.3) is 0 Å². The van der Waals surface area contributed by atoms with Crippen LogP contribution < -0.4 is 20.7 Å². The fourth-order valence-electron chi connectivity index (χ4n) is 5.94. The van der Waals surface area contributed by atoms with Crippen molar-refractivity contribution in [3.63, 3.8) is 0 Å². The minimum Gasteiger partial charge on any atom is -0.457 e. The first kappa shape index (κ1) is 29.5. The number of benzene rings is 2. The van der Waals surface area contributed by atoms with E-state index in [1.165, 1.54) is 60.3 Å². The quantitative estimate of drug-likeness (QED) is 0.342. The maximum Gasteiger partial charge on any atom is 0.330 e. The van der Waals surface area contributed by atoms with E-state index >= 15 is 0 Å². The van der Waals surface area contributed by atoms with E-state index in [2.05, 4.69) is 15.2 Å². The lowest BCUT2D eigenvalue weighted by atomic mass is 10.0. The van der Waals surface area contributed by atoms with E-state index < -0.39 is 28.9 Å². The van der Waals surface area contributed by atoms with Gasteiger partial charge in [0.05, 0.1) is 11.4 Å². The lowest BCUT2D eigenvalue weighted by Gasteiger charge is -2.38. The topological polar surface area (TPSA) is 121 Å². The number of nitrogens with one attached hydrogen (secondary N) is 1. The molecular formula is C32H34F2N6O4. The molecule has 0 radical (unpaired) electrons. The van der Waals surface area contributed by atoms with Gasteiger partial charge in [-0.25, -0.2) is 23.5 Å². The predicted octanol–water partition coefficient (Wildman–Crippen LogP) is 5.17. The van der Waals surface area contributed by atoms with Crippen LogP contribution in [-0.2, 0) is 9.59 Å². The van der Waals surface area contributed by atoms with E-state index in [4.69, 9.17) is 10.5 Å². The number of nitrogens with two attached hydrogens (primary N) is 1. The molecule has 2 aromatic carbocycles. The summed E-state index contributed by atoms with van der Waals surface area (Å²) in [7, 11) is 0. The minimum atomic E-state index is -1.29. The summed E-state index contributed by atoms with van der Waals surface area (Å²) >= 11 is 0. The first-order chi connectivity index (χ1) is 21.2. The van der Waals surface area contributed by atoms with Gasteiger partial charge in [-0.2, -0.15) is 0 Å². The number of hydrogen-bond donors (Lipinski definition) is 2. The Bertz CT molecular complexity index is 1550. The number of carbonyl (C=O) groups is 3. The van der Waals surface area contributed by atoms with Crippen LogP contribution in [0.4, 0.5) is 30.8 Å². The van der Waals surface area contributed by atoms with E-state index in [9.17, 15) is 23.2 Å². The van der Waals surface area contributed by atoms with Gasteiger partial charge in [-0.15, -0.1) is 0 Å². The third-order valence-electron chi connectivity index (χ3n) is 8.69. The molecule has 3 aromatic rings. The largest absolute Gasteiger partial charge is 0.457 e. The predicted molar refractivity (Wildman–Crippen MR) is 160 cm³/mol. The van der Waals surface area contributed by atoms with Crippen molar-refractivity contribution >= 4 is 35.0 Å². The normalized spacial score (nSPS) is 18.1. The molecule has 4 amide bonds. The second-order valence-corrected chi connectivity index (χ2v) is 11.5. The van der Waals surface area contributed by atoms with Crippen molar-refractivity contribution in [3.8, 4) is 11.5 Å². The fourth-order valence-corrected chi connectivity index (χ4v) is 5.94. The molecule has 3 aliphatic rings. The minimum absolute atomic E-state index is 0.105. The van der Waals surface area contributed by atoms with Crippen LogP contribution in [0, 0.1) is 17.0 Å². The summed E-state index contributed by atoms with van der Waals surface area (Å²) in [4.78, 5) is 48.2. The van der Waals surface area contributed by atoms with Gasteiger partial charge in [0.1, 0.15) is 34.4 Å². The summed E-state index contributed by atoms with van der Waals surface area (Å²) in [5, 5.41) is 2.44. The SMILES string of the molecule is NC(=O)C1(C(=O)Nc2ccc(Oc3ccnc(N(C(=O)N4CCC(N5CCCC5)CC4)c4ccc(F)cc4)c3)cc2F)CC1. The third-order valence-corrected chi connectivity index (χ3v) is 8.69. The first-order valence-corrected chi connectivity index (χ1v) is 14.9. The van der Waals surface area contributed by atoms with Crippen molar-refractivity contribution in [2.45, 2.75) is 44.6 Å². The number of nitrogens with zero attached hydrogens (tertiary/aromatic N) is 4. The van der Waals surface area contributed by atoms with Gasteiger partial charge in [-0.1, -0.05) is 0 Å². The van der Waals surface area contributed by atoms with Crippen molar-refractivity contribution in [1.82, 2.24) is 14.8 Å². The summed E-state index contributed by atoms with van der Waals surface area (Å²) in [6.45, 7) is 3.40. The Morgan fingerprint density at radius 1 is 0.932 bits per heavy atom. The molecular weight excluding hydrogens is 570 g/mol. The van der Waals surface area contributed by atoms with E-state index in [1.54, 1.807) is 17.0 Å². The second kappa shape index (κ2) is 12.2. The van der Waals surface area contributed by atoms with E-state index in [0.717, 1.165) is 32.0 Å². The number of pyridine rings is 1. The van der Waals surface area contributed by atoms with Gasteiger partial charge in [0.15, 0.2) is 0 Å². The standard InChI is InChI=1S/C32H34F2N6O4/c33-21-3-5-23(6-4-21)40(31(43)39-17-10-22(11-18-39)38-15-1-2-16-38)28-20-25(9-14-36-28)44-24-7-8-27(26(34)19-24)37-30(42)32(12-13-32)29(35)41/h3-9,14,19-20,22H,1-2,10-13,15-18H2,(H2,35,41)(H,37,42). The Labute approximate surface area is 253 Å². The molecule has 6 rings (SSSR count). The van der Waals surface area contributed by atoms with Gasteiger partial charge in [-0.05, 0) is 94.1 Å². The number of aromatic nitrogens is 1. The van der Waals surface area contributed by atoms with E-state index in [-0.39, 0.29) is 29.0 Å². The van der Waals surface area contributed by atoms with Gasteiger partial charge in [-0.3, -0.25) is 9.59 Å². The number of rotatable bonds is 8. The molecule has 3 fully saturated rings. The number of ether oxygens (including phenoxy) is 1. The molecule has 0 spiro atoms. The number of hydrogen-bond acceptors (Lipinski definition) is 6. The number of halogens is 2. The van der Waals surface area contributed by atoms with Gasteiger partial charge < -0.3 is 25.6 Å². The zero-order valence-corrected chi connectivity index (χ0v) is 24.2. The van der Waals surface area contributed by atoms with Gasteiger partial charge in [0.25, 0.3) is 0 Å². The van der Waals surface area contributed by atoms with Crippen LogP contribution in [0.5, 0.6) is 11.5 Å². The van der Waals surface area contributed by atoms with Crippen LogP contribution in [0.2, 0.25) is 0 Å². The fraction of sp³-hybridized carbons (Fsp3) is 0.375. The van der Waals surface area contributed by atoms with Crippen molar-refractivity contribution in [3.05, 3.63) is 72.4 Å². The highest BCUT2D eigenvalue weighted by Crippen LogP contribution is 2.46. The Hall–Kier alpha value is -4.58. The van der Waals surface area contributed by atoms with Gasteiger partial charge >= 0.3 is 6.03 Å². The number of amides is 4. The third kappa shape index (κ3) is 6.07. The molecule has 1 saturated carbocycles. The Morgan fingerprint density at radius 3 is 2.25 bits per heavy atom. The first-order valence-electron chi connectivity index (χ1n) is 14.9. The molecule has 10 nitrogen and oxygen atoms in total. The lowest BCUT2D eigenvalue weighted by Crippen LogP contribution is -2.49. The van der Waals surface area contributed by atoms with E-state index in [0.29, 0.717) is 37.7 Å². The maximum absolute atomic E-state index is 14.9. The summed E-state index contributed by atoms with van der Waals surface area (Å²) < 4.78 is 34.6. The molecule has 2 saturated heterocycles. The highest BCUT2D eigenvalue weighted by atomic mass is 19.1. The van der Waals surface area contributed by atoms with Crippen LogP contribution in [0.1, 0.15) is 38.5 Å². The van der Waals surface area contributed by atoms with Crippen LogP contribution in [0.3, 0.4) is 0 Å². The molecule has 2 aliphatic heterocycles. The van der Waals surface area contributed by atoms with E-state index in [1.807, 2.05) is 0 Å². The highest BCUT2D eigenvalue weighted by Gasteiger charge is 2.55. The average molecular weight is 605 g/mol. The van der Waals surface area contributed by atoms with Gasteiger partial charge in [0, 0.05) is 37.5 Å². The molecule has 0 bridgehead atoms. The van der Waals surface area contributed by atoms with Crippen LogP contribution >= 0.6 is 0 Å². The summed E-state index contributed by atoms with van der Waals surface area (Å²) in [5.41, 5.74) is 4.39. The number of likely N-dealkylation sites (tertiary alicyclic amines) is 2. The van der Waals surface area contributed by atoms with Crippen molar-refractivity contribution < 1.29 is 27.9 Å². The molecule has 230 valence electrons. The zero-order valence-electron chi connectivity index (χ0n) is 24.2.